The number of aliphatic hydroxyl groups is 1. The number of amides is 1. The first-order valence-electron chi connectivity index (χ1n) is 7.40. The van der Waals surface area contributed by atoms with Crippen molar-refractivity contribution in [3.05, 3.63) is 0 Å². The summed E-state index contributed by atoms with van der Waals surface area (Å²) < 4.78 is 5.29. The van der Waals surface area contributed by atoms with Gasteiger partial charge < -0.3 is 20.1 Å². The van der Waals surface area contributed by atoms with E-state index in [1.165, 1.54) is 0 Å². The van der Waals surface area contributed by atoms with Crippen LogP contribution in [-0.4, -0.2) is 53.0 Å². The first-order chi connectivity index (χ1) is 8.96. The van der Waals surface area contributed by atoms with E-state index >= 15 is 0 Å². The standard InChI is InChI=1S/C15H30N2O3/c1-11-9-17(10-15(5,6)19)8-7-12(11)16-13(18)20-14(2,3)4/h11-12,19H,7-10H2,1-6H3,(H,16,18). The Kier molecular flexibility index (Phi) is 5.44. The molecule has 2 N–H and O–H groups in total. The Bertz CT molecular complexity index is 331. The third kappa shape index (κ3) is 6.57. The Morgan fingerprint density at radius 1 is 1.35 bits per heavy atom. The molecule has 1 aliphatic heterocycles. The highest BCUT2D eigenvalue weighted by Crippen LogP contribution is 2.19. The van der Waals surface area contributed by atoms with Crippen LogP contribution < -0.4 is 5.32 Å². The zero-order chi connectivity index (χ0) is 15.6. The molecular weight excluding hydrogens is 256 g/mol. The molecule has 0 aliphatic carbocycles. The molecule has 0 aromatic rings. The maximum atomic E-state index is 11.8. The summed E-state index contributed by atoms with van der Waals surface area (Å²) in [6.07, 6.45) is 0.543. The second-order valence-electron chi connectivity index (χ2n) is 7.57. The van der Waals surface area contributed by atoms with Gasteiger partial charge in [0.05, 0.1) is 5.60 Å². The third-order valence-corrected chi connectivity index (χ3v) is 3.30. The highest BCUT2D eigenvalue weighted by atomic mass is 16.6. The average Bonchev–Trinajstić information content (AvgIpc) is 2.17. The van der Waals surface area contributed by atoms with E-state index in [1.54, 1.807) is 0 Å². The minimum atomic E-state index is -0.675. The van der Waals surface area contributed by atoms with Crippen molar-refractivity contribution in [2.45, 2.75) is 65.2 Å². The third-order valence-electron chi connectivity index (χ3n) is 3.30. The molecule has 1 saturated heterocycles. The van der Waals surface area contributed by atoms with E-state index in [1.807, 2.05) is 34.6 Å². The number of piperidine rings is 1. The van der Waals surface area contributed by atoms with Crippen LogP contribution in [0, 0.1) is 5.92 Å². The van der Waals surface area contributed by atoms with Gasteiger partial charge in [0, 0.05) is 25.7 Å². The van der Waals surface area contributed by atoms with Crippen molar-refractivity contribution in [1.29, 1.82) is 0 Å². The lowest BCUT2D eigenvalue weighted by atomic mass is 9.93. The molecule has 0 aromatic carbocycles. The van der Waals surface area contributed by atoms with E-state index in [0.29, 0.717) is 12.5 Å². The number of rotatable bonds is 3. The van der Waals surface area contributed by atoms with Gasteiger partial charge in [0.2, 0.25) is 0 Å². The summed E-state index contributed by atoms with van der Waals surface area (Å²) in [5, 5.41) is 12.8. The molecule has 0 bridgehead atoms. The van der Waals surface area contributed by atoms with Gasteiger partial charge in [-0.05, 0) is 47.0 Å². The van der Waals surface area contributed by atoms with Crippen molar-refractivity contribution in [3.63, 3.8) is 0 Å². The number of nitrogens with one attached hydrogen (secondary N) is 1. The van der Waals surface area contributed by atoms with Gasteiger partial charge in [0.15, 0.2) is 0 Å². The topological polar surface area (TPSA) is 61.8 Å². The molecule has 0 saturated carbocycles. The van der Waals surface area contributed by atoms with E-state index in [0.717, 1.165) is 19.5 Å². The first kappa shape index (κ1) is 17.2. The van der Waals surface area contributed by atoms with Gasteiger partial charge in [-0.1, -0.05) is 6.92 Å². The SMILES string of the molecule is CC1CN(CC(C)(C)O)CCC1NC(=O)OC(C)(C)C. The van der Waals surface area contributed by atoms with Crippen LogP contribution >= 0.6 is 0 Å². The van der Waals surface area contributed by atoms with Crippen molar-refractivity contribution in [3.8, 4) is 0 Å². The highest BCUT2D eigenvalue weighted by Gasteiger charge is 2.30. The summed E-state index contributed by atoms with van der Waals surface area (Å²) in [6, 6.07) is 0.142. The Balaban J connectivity index is 2.43. The predicted molar refractivity (Wildman–Crippen MR) is 79.7 cm³/mol. The molecular formula is C15H30N2O3. The van der Waals surface area contributed by atoms with Gasteiger partial charge in [-0.25, -0.2) is 4.79 Å². The van der Waals surface area contributed by atoms with E-state index in [9.17, 15) is 9.90 Å². The molecule has 2 atom stereocenters. The van der Waals surface area contributed by atoms with Crippen molar-refractivity contribution in [1.82, 2.24) is 10.2 Å². The van der Waals surface area contributed by atoms with E-state index in [4.69, 9.17) is 4.74 Å². The molecule has 5 nitrogen and oxygen atoms in total. The van der Waals surface area contributed by atoms with Gasteiger partial charge in [-0.15, -0.1) is 0 Å². The van der Waals surface area contributed by atoms with Gasteiger partial charge in [-0.2, -0.15) is 0 Å². The van der Waals surface area contributed by atoms with Gasteiger partial charge in [-0.3, -0.25) is 0 Å². The van der Waals surface area contributed by atoms with Crippen LogP contribution in [-0.2, 0) is 4.74 Å². The Morgan fingerprint density at radius 3 is 2.40 bits per heavy atom. The number of likely N-dealkylation sites (tertiary alicyclic amines) is 1. The highest BCUT2D eigenvalue weighted by molar-refractivity contribution is 5.68. The minimum absolute atomic E-state index is 0.142. The summed E-state index contributed by atoms with van der Waals surface area (Å²) in [6.45, 7) is 13.8. The molecule has 1 fully saturated rings. The number of carbonyl (C=O) groups excluding carboxylic acids is 1. The fourth-order valence-electron chi connectivity index (χ4n) is 2.60. The fourth-order valence-corrected chi connectivity index (χ4v) is 2.60. The number of β-amino-alcohol motifs (C(OH)–C–C–N with tert-alkyl or cyclic N) is 1. The quantitative estimate of drug-likeness (QED) is 0.833. The molecule has 0 spiro atoms. The number of nitrogens with zero attached hydrogens (tertiary/aromatic N) is 1. The second kappa shape index (κ2) is 6.31. The van der Waals surface area contributed by atoms with Crippen LogP contribution in [0.25, 0.3) is 0 Å². The molecule has 1 rings (SSSR count). The molecule has 118 valence electrons. The van der Waals surface area contributed by atoms with Crippen molar-refractivity contribution < 1.29 is 14.6 Å². The monoisotopic (exact) mass is 286 g/mol. The molecule has 20 heavy (non-hydrogen) atoms. The van der Waals surface area contributed by atoms with Crippen LogP contribution in [0.2, 0.25) is 0 Å². The lowest BCUT2D eigenvalue weighted by Crippen LogP contribution is -2.53. The predicted octanol–water partition coefficient (Wildman–Crippen LogP) is 1.99. The van der Waals surface area contributed by atoms with Crippen LogP contribution in [0.3, 0.4) is 0 Å². The maximum Gasteiger partial charge on any atom is 0.407 e. The van der Waals surface area contributed by atoms with Gasteiger partial charge >= 0.3 is 6.09 Å². The Hall–Kier alpha value is -0.810. The number of carbonyl (C=O) groups is 1. The van der Waals surface area contributed by atoms with Gasteiger partial charge in [0.1, 0.15) is 5.60 Å². The Labute approximate surface area is 122 Å². The maximum absolute atomic E-state index is 11.8. The summed E-state index contributed by atoms with van der Waals surface area (Å²) in [4.78, 5) is 14.0. The number of ether oxygens (including phenoxy) is 1. The molecule has 0 aromatic heterocycles. The smallest absolute Gasteiger partial charge is 0.407 e. The molecule has 0 radical (unpaired) electrons. The molecule has 1 aliphatic rings. The molecule has 1 heterocycles. The van der Waals surface area contributed by atoms with E-state index in [2.05, 4.69) is 17.1 Å². The molecule has 1 amide bonds. The lowest BCUT2D eigenvalue weighted by Gasteiger charge is -2.39. The number of alkyl carbamates (subject to hydrolysis) is 1. The zero-order valence-electron chi connectivity index (χ0n) is 13.7. The normalized spacial score (nSPS) is 25.4. The lowest BCUT2D eigenvalue weighted by molar-refractivity contribution is 0.0134. The van der Waals surface area contributed by atoms with Crippen LogP contribution in [0.15, 0.2) is 0 Å². The summed E-state index contributed by atoms with van der Waals surface area (Å²) in [7, 11) is 0. The first-order valence-corrected chi connectivity index (χ1v) is 7.40. The van der Waals surface area contributed by atoms with Crippen LogP contribution in [0.1, 0.15) is 48.0 Å². The average molecular weight is 286 g/mol. The molecule has 2 unspecified atom stereocenters. The van der Waals surface area contributed by atoms with Crippen molar-refractivity contribution >= 4 is 6.09 Å². The van der Waals surface area contributed by atoms with E-state index in [-0.39, 0.29) is 12.1 Å². The Morgan fingerprint density at radius 2 is 1.95 bits per heavy atom. The summed E-state index contributed by atoms with van der Waals surface area (Å²) in [5.41, 5.74) is -1.14. The van der Waals surface area contributed by atoms with Gasteiger partial charge in [0.25, 0.3) is 0 Å². The summed E-state index contributed by atoms with van der Waals surface area (Å²) in [5.74, 6) is 0.346. The fraction of sp³-hybridized carbons (Fsp3) is 0.933. The van der Waals surface area contributed by atoms with Crippen LogP contribution in [0.4, 0.5) is 4.79 Å². The minimum Gasteiger partial charge on any atom is -0.444 e. The van der Waals surface area contributed by atoms with Crippen molar-refractivity contribution in [2.24, 2.45) is 5.92 Å². The molecule has 5 heteroatoms. The number of hydrogen-bond acceptors (Lipinski definition) is 4. The summed E-state index contributed by atoms with van der Waals surface area (Å²) >= 11 is 0. The van der Waals surface area contributed by atoms with E-state index < -0.39 is 11.2 Å². The largest absolute Gasteiger partial charge is 0.444 e. The van der Waals surface area contributed by atoms with Crippen LogP contribution in [0.5, 0.6) is 0 Å². The second-order valence-corrected chi connectivity index (χ2v) is 7.57. The van der Waals surface area contributed by atoms with Crippen molar-refractivity contribution in [2.75, 3.05) is 19.6 Å². The number of hydrogen-bond donors (Lipinski definition) is 2. The zero-order valence-corrected chi connectivity index (χ0v) is 13.7.